The van der Waals surface area contributed by atoms with Crippen molar-refractivity contribution in [2.45, 2.75) is 19.8 Å². The van der Waals surface area contributed by atoms with Crippen LogP contribution in [0.15, 0.2) is 18.2 Å². The number of piperidine rings is 1. The van der Waals surface area contributed by atoms with Gasteiger partial charge in [-0.2, -0.15) is 0 Å². The monoisotopic (exact) mass is 274 g/mol. The van der Waals surface area contributed by atoms with E-state index in [1.807, 2.05) is 0 Å². The number of nitro groups is 1. The molecule has 5 nitrogen and oxygen atoms in total. The predicted molar refractivity (Wildman–Crippen MR) is 77.7 cm³/mol. The average Bonchev–Trinajstić information content (AvgIpc) is 2.45. The van der Waals surface area contributed by atoms with Crippen molar-refractivity contribution >= 4 is 11.4 Å². The highest BCUT2D eigenvalue weighted by molar-refractivity contribution is 5.66. The molecule has 0 unspecified atom stereocenters. The van der Waals surface area contributed by atoms with Crippen LogP contribution in [0.1, 0.15) is 25.3 Å². The molecule has 0 spiro atoms. The van der Waals surface area contributed by atoms with Gasteiger partial charge in [-0.3, -0.25) is 10.1 Å². The van der Waals surface area contributed by atoms with Crippen LogP contribution in [-0.4, -0.2) is 29.7 Å². The highest BCUT2D eigenvalue weighted by Crippen LogP contribution is 2.32. The van der Waals surface area contributed by atoms with Gasteiger partial charge in [0, 0.05) is 24.7 Å². The Morgan fingerprint density at radius 1 is 1.45 bits per heavy atom. The number of anilines is 1. The maximum Gasteiger partial charge on any atom is 0.292 e. The Morgan fingerprint density at radius 3 is 2.75 bits per heavy atom. The van der Waals surface area contributed by atoms with Crippen LogP contribution in [-0.2, 0) is 0 Å². The number of hydrogen-bond acceptors (Lipinski definition) is 4. The zero-order valence-corrected chi connectivity index (χ0v) is 11.5. The molecule has 0 aromatic heterocycles. The van der Waals surface area contributed by atoms with Crippen molar-refractivity contribution in [3.8, 4) is 11.8 Å². The van der Waals surface area contributed by atoms with Crippen molar-refractivity contribution in [2.24, 2.45) is 5.92 Å². The van der Waals surface area contributed by atoms with Gasteiger partial charge in [-0.1, -0.05) is 18.8 Å². The standard InChI is InChI=1S/C15H18N2O3/c1-12-6-8-16(9-7-12)15-11-13(3-2-10-18)4-5-14(15)17(19)20/h4-5,11-12,18H,6-10H2,1H3. The molecule has 2 rings (SSSR count). The Hall–Kier alpha value is -2.06. The molecule has 0 aliphatic carbocycles. The third-order valence-corrected chi connectivity index (χ3v) is 3.61. The zero-order valence-electron chi connectivity index (χ0n) is 11.5. The van der Waals surface area contributed by atoms with Gasteiger partial charge in [0.25, 0.3) is 5.69 Å². The SMILES string of the molecule is CC1CCN(c2cc(C#CCO)ccc2[N+](=O)[O-])CC1. The highest BCUT2D eigenvalue weighted by atomic mass is 16.6. The largest absolute Gasteiger partial charge is 0.384 e. The topological polar surface area (TPSA) is 66.6 Å². The minimum absolute atomic E-state index is 0.120. The average molecular weight is 274 g/mol. The van der Waals surface area contributed by atoms with Crippen LogP contribution in [0, 0.1) is 27.9 Å². The summed E-state index contributed by atoms with van der Waals surface area (Å²) in [6, 6.07) is 4.86. The maximum absolute atomic E-state index is 11.2. The smallest absolute Gasteiger partial charge is 0.292 e. The van der Waals surface area contributed by atoms with Crippen LogP contribution in [0.2, 0.25) is 0 Å². The second-order valence-electron chi connectivity index (χ2n) is 5.09. The molecule has 1 aromatic rings. The molecular formula is C15H18N2O3. The van der Waals surface area contributed by atoms with E-state index in [9.17, 15) is 10.1 Å². The summed E-state index contributed by atoms with van der Waals surface area (Å²) in [5.74, 6) is 6.04. The molecule has 0 atom stereocenters. The molecule has 1 aliphatic heterocycles. The molecule has 1 fully saturated rings. The number of nitro benzene ring substituents is 1. The van der Waals surface area contributed by atoms with Gasteiger partial charge in [0.15, 0.2) is 0 Å². The third-order valence-electron chi connectivity index (χ3n) is 3.61. The first-order valence-electron chi connectivity index (χ1n) is 6.75. The van der Waals surface area contributed by atoms with Gasteiger partial charge in [-0.25, -0.2) is 0 Å². The fourth-order valence-corrected chi connectivity index (χ4v) is 2.40. The van der Waals surface area contributed by atoms with Crippen molar-refractivity contribution < 1.29 is 10.0 Å². The van der Waals surface area contributed by atoms with Crippen LogP contribution in [0.5, 0.6) is 0 Å². The van der Waals surface area contributed by atoms with Gasteiger partial charge < -0.3 is 10.0 Å². The summed E-state index contributed by atoms with van der Waals surface area (Å²) in [5.41, 5.74) is 1.44. The Bertz CT molecular complexity index is 552. The van der Waals surface area contributed by atoms with Crippen LogP contribution in [0.3, 0.4) is 0 Å². The van der Waals surface area contributed by atoms with E-state index in [-0.39, 0.29) is 17.2 Å². The molecule has 106 valence electrons. The Labute approximate surface area is 118 Å². The van der Waals surface area contributed by atoms with E-state index >= 15 is 0 Å². The van der Waals surface area contributed by atoms with Crippen molar-refractivity contribution in [3.05, 3.63) is 33.9 Å². The summed E-state index contributed by atoms with van der Waals surface area (Å²) >= 11 is 0. The van der Waals surface area contributed by atoms with Crippen molar-refractivity contribution in [2.75, 3.05) is 24.6 Å². The summed E-state index contributed by atoms with van der Waals surface area (Å²) in [4.78, 5) is 12.9. The molecule has 0 bridgehead atoms. The van der Waals surface area contributed by atoms with Crippen LogP contribution >= 0.6 is 0 Å². The Kier molecular flexibility index (Phi) is 4.59. The lowest BCUT2D eigenvalue weighted by Gasteiger charge is -2.31. The molecule has 5 heteroatoms. The summed E-state index contributed by atoms with van der Waals surface area (Å²) < 4.78 is 0. The summed E-state index contributed by atoms with van der Waals surface area (Å²) in [6.45, 7) is 3.65. The lowest BCUT2D eigenvalue weighted by Crippen LogP contribution is -2.33. The summed E-state index contributed by atoms with van der Waals surface area (Å²) in [7, 11) is 0. The molecule has 1 saturated heterocycles. The van der Waals surface area contributed by atoms with E-state index in [0.29, 0.717) is 17.2 Å². The normalized spacial score (nSPS) is 15.6. The summed E-state index contributed by atoms with van der Waals surface area (Å²) in [5, 5.41) is 19.9. The molecule has 0 radical (unpaired) electrons. The van der Waals surface area contributed by atoms with Gasteiger partial charge in [-0.15, -0.1) is 0 Å². The van der Waals surface area contributed by atoms with Crippen molar-refractivity contribution in [1.82, 2.24) is 0 Å². The van der Waals surface area contributed by atoms with Crippen molar-refractivity contribution in [1.29, 1.82) is 0 Å². The molecule has 1 heterocycles. The van der Waals surface area contributed by atoms with Crippen LogP contribution in [0.4, 0.5) is 11.4 Å². The minimum Gasteiger partial charge on any atom is -0.384 e. The fourth-order valence-electron chi connectivity index (χ4n) is 2.40. The number of hydrogen-bond donors (Lipinski definition) is 1. The number of aliphatic hydroxyl groups excluding tert-OH is 1. The molecule has 1 N–H and O–H groups in total. The predicted octanol–water partition coefficient (Wildman–Crippen LogP) is 2.17. The maximum atomic E-state index is 11.2. The number of aliphatic hydroxyl groups is 1. The first-order chi connectivity index (χ1) is 9.61. The zero-order chi connectivity index (χ0) is 14.5. The second kappa shape index (κ2) is 6.40. The Morgan fingerprint density at radius 2 is 2.15 bits per heavy atom. The second-order valence-corrected chi connectivity index (χ2v) is 5.09. The molecule has 0 amide bonds. The van der Waals surface area contributed by atoms with Gasteiger partial charge in [-0.05, 0) is 30.9 Å². The van der Waals surface area contributed by atoms with Gasteiger partial charge in [0.05, 0.1) is 4.92 Å². The first-order valence-corrected chi connectivity index (χ1v) is 6.75. The van der Waals surface area contributed by atoms with E-state index in [1.54, 1.807) is 12.1 Å². The van der Waals surface area contributed by atoms with Gasteiger partial charge in [0.2, 0.25) is 0 Å². The van der Waals surface area contributed by atoms with Crippen molar-refractivity contribution in [3.63, 3.8) is 0 Å². The molecule has 20 heavy (non-hydrogen) atoms. The number of rotatable bonds is 2. The fraction of sp³-hybridized carbons (Fsp3) is 0.467. The number of nitrogens with zero attached hydrogens (tertiary/aromatic N) is 2. The lowest BCUT2D eigenvalue weighted by atomic mass is 9.98. The van der Waals surface area contributed by atoms with E-state index in [2.05, 4.69) is 23.7 Å². The van der Waals surface area contributed by atoms with Crippen LogP contribution in [0.25, 0.3) is 0 Å². The van der Waals surface area contributed by atoms with E-state index in [0.717, 1.165) is 25.9 Å². The Balaban J connectivity index is 2.34. The molecule has 0 saturated carbocycles. The highest BCUT2D eigenvalue weighted by Gasteiger charge is 2.23. The molecular weight excluding hydrogens is 256 g/mol. The van der Waals surface area contributed by atoms with Crippen LogP contribution < -0.4 is 4.90 Å². The summed E-state index contributed by atoms with van der Waals surface area (Å²) in [6.07, 6.45) is 2.09. The van der Waals surface area contributed by atoms with E-state index in [4.69, 9.17) is 5.11 Å². The lowest BCUT2D eigenvalue weighted by molar-refractivity contribution is -0.384. The third kappa shape index (κ3) is 3.28. The number of benzene rings is 1. The van der Waals surface area contributed by atoms with E-state index < -0.39 is 0 Å². The molecule has 1 aliphatic rings. The quantitative estimate of drug-likeness (QED) is 0.510. The van der Waals surface area contributed by atoms with Gasteiger partial charge in [0.1, 0.15) is 12.3 Å². The van der Waals surface area contributed by atoms with E-state index in [1.165, 1.54) is 6.07 Å². The first kappa shape index (κ1) is 14.4. The molecule has 1 aromatic carbocycles. The van der Waals surface area contributed by atoms with Gasteiger partial charge >= 0.3 is 0 Å². The minimum atomic E-state index is -0.351.